The van der Waals surface area contributed by atoms with Crippen molar-refractivity contribution in [1.29, 1.82) is 0 Å². The van der Waals surface area contributed by atoms with Crippen molar-refractivity contribution in [1.82, 2.24) is 0 Å². The fourth-order valence-corrected chi connectivity index (χ4v) is 1.67. The first-order valence-corrected chi connectivity index (χ1v) is 5.79. The van der Waals surface area contributed by atoms with Crippen molar-refractivity contribution in [3.05, 3.63) is 39.7 Å². The molecular weight excluding hydrogens is 254 g/mol. The number of hydrogen-bond donors (Lipinski definition) is 0. The quantitative estimate of drug-likeness (QED) is 0.550. The van der Waals surface area contributed by atoms with Crippen LogP contribution in [0.15, 0.2) is 12.1 Å². The van der Waals surface area contributed by atoms with Gasteiger partial charge in [0.25, 0.3) is 0 Å². The number of rotatable bonds is 5. The molecule has 0 atom stereocenters. The molecule has 1 rings (SSSR count). The summed E-state index contributed by atoms with van der Waals surface area (Å²) in [5.74, 6) is 0. The average molecular weight is 267 g/mol. The zero-order valence-corrected chi connectivity index (χ0v) is 10.5. The monoisotopic (exact) mass is 265 g/mol. The average Bonchev–Trinajstić information content (AvgIpc) is 2.24. The molecule has 0 saturated carbocycles. The van der Waals surface area contributed by atoms with Gasteiger partial charge < -0.3 is 4.74 Å². The topological polar surface area (TPSA) is 9.23 Å². The molecule has 0 heterocycles. The minimum Gasteiger partial charge on any atom is -0.377 e. The maximum absolute atomic E-state index is 6.00. The van der Waals surface area contributed by atoms with Gasteiger partial charge >= 0.3 is 0 Å². The smallest absolute Gasteiger partial charge is 0.0782 e. The highest BCUT2D eigenvalue weighted by Gasteiger charge is 2.08. The van der Waals surface area contributed by atoms with E-state index < -0.39 is 0 Å². The molecule has 0 aliphatic carbocycles. The van der Waals surface area contributed by atoms with E-state index in [1.54, 1.807) is 6.07 Å². The Hall–Kier alpha value is 0.0500. The fourth-order valence-electron chi connectivity index (χ4n) is 1.06. The van der Waals surface area contributed by atoms with Gasteiger partial charge in [-0.3, -0.25) is 0 Å². The van der Waals surface area contributed by atoms with Gasteiger partial charge in [-0.25, -0.2) is 0 Å². The zero-order valence-electron chi connectivity index (χ0n) is 8.23. The van der Waals surface area contributed by atoms with E-state index in [4.69, 9.17) is 39.5 Å². The van der Waals surface area contributed by atoms with E-state index in [1.165, 1.54) is 0 Å². The van der Waals surface area contributed by atoms with Gasteiger partial charge in [0.15, 0.2) is 0 Å². The molecule has 0 spiro atoms. The molecule has 0 aliphatic rings. The summed E-state index contributed by atoms with van der Waals surface area (Å²) in [5, 5.41) is 1.32. The lowest BCUT2D eigenvalue weighted by molar-refractivity contribution is 0.119. The van der Waals surface area contributed by atoms with E-state index in [0.29, 0.717) is 28.3 Å². The van der Waals surface area contributed by atoms with Crippen molar-refractivity contribution in [2.45, 2.75) is 19.4 Å². The summed E-state index contributed by atoms with van der Waals surface area (Å²) in [4.78, 5) is 0. The van der Waals surface area contributed by atoms with Gasteiger partial charge in [0.05, 0.1) is 21.7 Å². The predicted octanol–water partition coefficient (Wildman–Crippen LogP) is 4.78. The largest absolute Gasteiger partial charge is 0.377 e. The molecule has 0 amide bonds. The van der Waals surface area contributed by atoms with Crippen LogP contribution < -0.4 is 0 Å². The van der Waals surface area contributed by atoms with E-state index in [2.05, 4.69) is 6.92 Å². The van der Waals surface area contributed by atoms with Crippen LogP contribution in [0.4, 0.5) is 0 Å². The van der Waals surface area contributed by atoms with Crippen molar-refractivity contribution >= 4 is 34.8 Å². The highest BCUT2D eigenvalue weighted by Crippen LogP contribution is 2.32. The molecular formula is C11H12Cl3O. The van der Waals surface area contributed by atoms with Gasteiger partial charge in [-0.1, -0.05) is 54.2 Å². The third-order valence-electron chi connectivity index (χ3n) is 1.91. The van der Waals surface area contributed by atoms with Gasteiger partial charge in [-0.05, 0) is 18.1 Å². The number of unbranched alkanes of at least 4 members (excludes halogenated alkanes) is 1. The summed E-state index contributed by atoms with van der Waals surface area (Å²) >= 11 is 17.7. The van der Waals surface area contributed by atoms with Crippen LogP contribution in [0.1, 0.15) is 18.4 Å². The van der Waals surface area contributed by atoms with Crippen LogP contribution in [-0.4, -0.2) is 6.61 Å². The lowest BCUT2D eigenvalue weighted by Crippen LogP contribution is -1.96. The molecule has 0 saturated heterocycles. The second-order valence-electron chi connectivity index (χ2n) is 3.09. The molecule has 83 valence electrons. The molecule has 0 aromatic heterocycles. The Morgan fingerprint density at radius 2 is 1.87 bits per heavy atom. The fraction of sp³-hybridized carbons (Fsp3) is 0.364. The summed E-state index contributed by atoms with van der Waals surface area (Å²) in [5.41, 5.74) is 0.857. The van der Waals surface area contributed by atoms with Crippen LogP contribution in [0.3, 0.4) is 0 Å². The Balaban J connectivity index is 2.58. The molecule has 1 radical (unpaired) electrons. The normalized spacial score (nSPS) is 10.7. The number of hydrogen-bond acceptors (Lipinski definition) is 1. The molecule has 0 fully saturated rings. The Bertz CT molecular complexity index is 326. The summed E-state index contributed by atoms with van der Waals surface area (Å²) in [6, 6.07) is 3.54. The van der Waals surface area contributed by atoms with Gasteiger partial charge in [0, 0.05) is 6.61 Å². The van der Waals surface area contributed by atoms with Gasteiger partial charge in [-0.15, -0.1) is 0 Å². The number of halogens is 3. The first-order chi connectivity index (χ1) is 7.16. The summed E-state index contributed by atoms with van der Waals surface area (Å²) in [6.45, 7) is 4.86. The summed E-state index contributed by atoms with van der Waals surface area (Å²) in [6.07, 6.45) is 1.81. The molecule has 1 nitrogen and oxygen atoms in total. The standard InChI is InChI=1S/C11H12Cl3O/c1-2-3-6-15-7-8-4-5-9(12)11(14)10(8)13/h4-5H,1-3,6-7H2. The van der Waals surface area contributed by atoms with Crippen molar-refractivity contribution in [3.63, 3.8) is 0 Å². The van der Waals surface area contributed by atoms with Gasteiger partial charge in [-0.2, -0.15) is 0 Å². The Morgan fingerprint density at radius 3 is 2.53 bits per heavy atom. The van der Waals surface area contributed by atoms with E-state index in [1.807, 2.05) is 6.07 Å². The molecule has 4 heteroatoms. The third kappa shape index (κ3) is 3.84. The molecule has 0 N–H and O–H groups in total. The van der Waals surface area contributed by atoms with E-state index in [9.17, 15) is 0 Å². The molecule has 1 aromatic rings. The second kappa shape index (κ2) is 6.59. The second-order valence-corrected chi connectivity index (χ2v) is 4.26. The zero-order chi connectivity index (χ0) is 11.3. The Morgan fingerprint density at radius 1 is 1.13 bits per heavy atom. The van der Waals surface area contributed by atoms with Gasteiger partial charge in [0.1, 0.15) is 0 Å². The van der Waals surface area contributed by atoms with Gasteiger partial charge in [0.2, 0.25) is 0 Å². The highest BCUT2D eigenvalue weighted by atomic mass is 35.5. The molecule has 0 unspecified atom stereocenters. The molecule has 0 bridgehead atoms. The van der Waals surface area contributed by atoms with Crippen LogP contribution >= 0.6 is 34.8 Å². The maximum atomic E-state index is 6.00. The Kier molecular flexibility index (Phi) is 5.77. The van der Waals surface area contributed by atoms with Crippen LogP contribution in [0.5, 0.6) is 0 Å². The molecule has 15 heavy (non-hydrogen) atoms. The lowest BCUT2D eigenvalue weighted by atomic mass is 10.2. The van der Waals surface area contributed by atoms with Crippen molar-refractivity contribution in [2.75, 3.05) is 6.61 Å². The lowest BCUT2D eigenvalue weighted by Gasteiger charge is -2.07. The van der Waals surface area contributed by atoms with Crippen LogP contribution in [0.25, 0.3) is 0 Å². The van der Waals surface area contributed by atoms with E-state index in [0.717, 1.165) is 18.4 Å². The molecule has 1 aromatic carbocycles. The van der Waals surface area contributed by atoms with Crippen LogP contribution in [0, 0.1) is 6.92 Å². The highest BCUT2D eigenvalue weighted by molar-refractivity contribution is 6.48. The minimum atomic E-state index is 0.386. The van der Waals surface area contributed by atoms with E-state index in [-0.39, 0.29) is 0 Å². The maximum Gasteiger partial charge on any atom is 0.0782 e. The predicted molar refractivity (Wildman–Crippen MR) is 65.7 cm³/mol. The van der Waals surface area contributed by atoms with E-state index >= 15 is 0 Å². The Labute approximate surface area is 105 Å². The number of ether oxygens (including phenoxy) is 1. The first-order valence-electron chi connectivity index (χ1n) is 4.66. The minimum absolute atomic E-state index is 0.386. The van der Waals surface area contributed by atoms with Crippen LogP contribution in [0.2, 0.25) is 15.1 Å². The third-order valence-corrected chi connectivity index (χ3v) is 3.24. The number of benzene rings is 1. The first kappa shape index (κ1) is 13.1. The van der Waals surface area contributed by atoms with Crippen molar-refractivity contribution in [2.24, 2.45) is 0 Å². The van der Waals surface area contributed by atoms with Crippen molar-refractivity contribution in [3.8, 4) is 0 Å². The SMILES string of the molecule is [CH2]CCCOCc1ccc(Cl)c(Cl)c1Cl. The molecule has 0 aliphatic heterocycles. The summed E-state index contributed by atoms with van der Waals surface area (Å²) < 4.78 is 5.41. The van der Waals surface area contributed by atoms with Crippen molar-refractivity contribution < 1.29 is 4.74 Å². The van der Waals surface area contributed by atoms with Crippen LogP contribution in [-0.2, 0) is 11.3 Å². The summed E-state index contributed by atoms with van der Waals surface area (Å²) in [7, 11) is 0.